The van der Waals surface area contributed by atoms with Gasteiger partial charge >= 0.3 is 0 Å². The lowest BCUT2D eigenvalue weighted by atomic mass is 10.1. The number of phenols is 1. The van der Waals surface area contributed by atoms with Gasteiger partial charge in [0, 0.05) is 28.0 Å². The molecule has 0 saturated carbocycles. The van der Waals surface area contributed by atoms with Crippen LogP contribution in [-0.4, -0.2) is 15.0 Å². The summed E-state index contributed by atoms with van der Waals surface area (Å²) in [5.74, 6) is 0.771. The maximum absolute atomic E-state index is 11.0. The van der Waals surface area contributed by atoms with Gasteiger partial charge in [-0.1, -0.05) is 0 Å². The molecule has 0 aliphatic heterocycles. The standard InChI is InChI=1S/C14H14N2O3S/c1-9-7-15-13(10(2)14(9)16(18)19)8-20-12-5-3-11(17)4-6-12/h3-7,17H,8H2,1-2H3. The molecular formula is C14H14N2O3S. The van der Waals surface area contributed by atoms with Crippen molar-refractivity contribution in [1.82, 2.24) is 4.98 Å². The Morgan fingerprint density at radius 3 is 2.55 bits per heavy atom. The van der Waals surface area contributed by atoms with Crippen molar-refractivity contribution in [3.8, 4) is 5.75 Å². The number of aromatic hydroxyl groups is 1. The number of hydrogen-bond acceptors (Lipinski definition) is 5. The second-order valence-electron chi connectivity index (χ2n) is 4.40. The van der Waals surface area contributed by atoms with E-state index in [9.17, 15) is 15.2 Å². The molecule has 0 fully saturated rings. The summed E-state index contributed by atoms with van der Waals surface area (Å²) in [5.41, 5.74) is 2.04. The van der Waals surface area contributed by atoms with Crippen LogP contribution in [-0.2, 0) is 5.75 Å². The summed E-state index contributed by atoms with van der Waals surface area (Å²) in [4.78, 5) is 15.9. The van der Waals surface area contributed by atoms with Crippen LogP contribution in [0.5, 0.6) is 5.75 Å². The van der Waals surface area contributed by atoms with E-state index in [4.69, 9.17) is 0 Å². The minimum Gasteiger partial charge on any atom is -0.508 e. The number of nitro groups is 1. The molecule has 0 amide bonds. The van der Waals surface area contributed by atoms with Crippen LogP contribution in [0.2, 0.25) is 0 Å². The zero-order chi connectivity index (χ0) is 14.7. The van der Waals surface area contributed by atoms with Crippen LogP contribution >= 0.6 is 11.8 Å². The van der Waals surface area contributed by atoms with Gasteiger partial charge in [-0.15, -0.1) is 11.8 Å². The highest BCUT2D eigenvalue weighted by atomic mass is 32.2. The fourth-order valence-corrected chi connectivity index (χ4v) is 2.81. The van der Waals surface area contributed by atoms with Crippen LogP contribution in [0.15, 0.2) is 35.4 Å². The third-order valence-corrected chi connectivity index (χ3v) is 3.99. The first-order valence-corrected chi connectivity index (χ1v) is 6.99. The van der Waals surface area contributed by atoms with Crippen LogP contribution < -0.4 is 0 Å². The van der Waals surface area contributed by atoms with Gasteiger partial charge < -0.3 is 5.11 Å². The Morgan fingerprint density at radius 1 is 1.30 bits per heavy atom. The summed E-state index contributed by atoms with van der Waals surface area (Å²) in [6.45, 7) is 3.42. The number of nitrogens with zero attached hydrogens (tertiary/aromatic N) is 2. The van der Waals surface area contributed by atoms with Crippen LogP contribution in [0, 0.1) is 24.0 Å². The normalized spacial score (nSPS) is 10.5. The highest BCUT2D eigenvalue weighted by molar-refractivity contribution is 7.98. The molecule has 1 aromatic heterocycles. The SMILES string of the molecule is Cc1cnc(CSc2ccc(O)cc2)c(C)c1[N+](=O)[O-]. The van der Waals surface area contributed by atoms with E-state index in [-0.39, 0.29) is 16.4 Å². The second kappa shape index (κ2) is 5.92. The fourth-order valence-electron chi connectivity index (χ4n) is 1.89. The predicted molar refractivity (Wildman–Crippen MR) is 78.0 cm³/mol. The van der Waals surface area contributed by atoms with Crippen molar-refractivity contribution in [2.45, 2.75) is 24.5 Å². The van der Waals surface area contributed by atoms with Crippen molar-refractivity contribution in [3.05, 3.63) is 57.4 Å². The number of aryl methyl sites for hydroxylation is 1. The van der Waals surface area contributed by atoms with E-state index in [0.717, 1.165) is 4.90 Å². The lowest BCUT2D eigenvalue weighted by Crippen LogP contribution is -2.01. The predicted octanol–water partition coefficient (Wildman–Crippen LogP) is 3.60. The van der Waals surface area contributed by atoms with E-state index >= 15 is 0 Å². The molecular weight excluding hydrogens is 276 g/mol. The van der Waals surface area contributed by atoms with Crippen molar-refractivity contribution in [1.29, 1.82) is 0 Å². The highest BCUT2D eigenvalue weighted by Gasteiger charge is 2.18. The Labute approximate surface area is 120 Å². The molecule has 0 bridgehead atoms. The summed E-state index contributed by atoms with van der Waals surface area (Å²) in [6.07, 6.45) is 1.54. The Kier molecular flexibility index (Phi) is 4.24. The van der Waals surface area contributed by atoms with Gasteiger partial charge in [0.05, 0.1) is 10.6 Å². The summed E-state index contributed by atoms with van der Waals surface area (Å²) in [7, 11) is 0. The largest absolute Gasteiger partial charge is 0.508 e. The topological polar surface area (TPSA) is 76.3 Å². The molecule has 5 nitrogen and oxygen atoms in total. The zero-order valence-electron chi connectivity index (χ0n) is 11.2. The Hall–Kier alpha value is -2.08. The van der Waals surface area contributed by atoms with Gasteiger partial charge in [-0.25, -0.2) is 0 Å². The number of thioether (sulfide) groups is 1. The van der Waals surface area contributed by atoms with Gasteiger partial charge in [-0.2, -0.15) is 0 Å². The quantitative estimate of drug-likeness (QED) is 0.529. The smallest absolute Gasteiger partial charge is 0.278 e. The van der Waals surface area contributed by atoms with Gasteiger partial charge in [0.1, 0.15) is 5.75 Å². The van der Waals surface area contributed by atoms with Gasteiger partial charge in [-0.3, -0.25) is 15.1 Å². The van der Waals surface area contributed by atoms with E-state index < -0.39 is 0 Å². The van der Waals surface area contributed by atoms with E-state index in [2.05, 4.69) is 4.98 Å². The molecule has 0 aliphatic carbocycles. The Bertz CT molecular complexity index is 642. The maximum Gasteiger partial charge on any atom is 0.278 e. The van der Waals surface area contributed by atoms with Crippen molar-refractivity contribution >= 4 is 17.4 Å². The average Bonchev–Trinajstić information content (AvgIpc) is 2.39. The molecule has 6 heteroatoms. The molecule has 0 unspecified atom stereocenters. The average molecular weight is 290 g/mol. The van der Waals surface area contributed by atoms with Crippen LogP contribution in [0.3, 0.4) is 0 Å². The van der Waals surface area contributed by atoms with Gasteiger partial charge in [0.2, 0.25) is 0 Å². The van der Waals surface area contributed by atoms with E-state index in [1.807, 2.05) is 0 Å². The molecule has 0 spiro atoms. The van der Waals surface area contributed by atoms with Gasteiger partial charge in [0.15, 0.2) is 0 Å². The zero-order valence-corrected chi connectivity index (χ0v) is 12.0. The lowest BCUT2D eigenvalue weighted by Gasteiger charge is -2.07. The first-order valence-electron chi connectivity index (χ1n) is 6.00. The molecule has 1 heterocycles. The van der Waals surface area contributed by atoms with E-state index in [1.54, 1.807) is 38.1 Å². The third-order valence-electron chi connectivity index (χ3n) is 2.97. The number of benzene rings is 1. The van der Waals surface area contributed by atoms with E-state index in [1.165, 1.54) is 18.0 Å². The summed E-state index contributed by atoms with van der Waals surface area (Å²) in [5, 5.41) is 20.3. The molecule has 0 radical (unpaired) electrons. The minimum atomic E-state index is -0.360. The summed E-state index contributed by atoms with van der Waals surface area (Å²) >= 11 is 1.53. The number of rotatable bonds is 4. The summed E-state index contributed by atoms with van der Waals surface area (Å²) in [6, 6.07) is 6.83. The molecule has 20 heavy (non-hydrogen) atoms. The van der Waals surface area contributed by atoms with Crippen LogP contribution in [0.4, 0.5) is 5.69 Å². The first-order chi connectivity index (χ1) is 9.49. The number of hydrogen-bond donors (Lipinski definition) is 1. The van der Waals surface area contributed by atoms with Gasteiger partial charge in [0.25, 0.3) is 5.69 Å². The lowest BCUT2D eigenvalue weighted by molar-refractivity contribution is -0.386. The molecule has 1 aromatic carbocycles. The molecule has 0 aliphatic rings. The van der Waals surface area contributed by atoms with Crippen LogP contribution in [0.25, 0.3) is 0 Å². The Morgan fingerprint density at radius 2 is 1.95 bits per heavy atom. The van der Waals surface area contributed by atoms with Gasteiger partial charge in [-0.05, 0) is 38.1 Å². The van der Waals surface area contributed by atoms with E-state index in [0.29, 0.717) is 22.6 Å². The molecule has 0 saturated heterocycles. The molecule has 2 aromatic rings. The summed E-state index contributed by atoms with van der Waals surface area (Å²) < 4.78 is 0. The minimum absolute atomic E-state index is 0.140. The van der Waals surface area contributed by atoms with Crippen molar-refractivity contribution in [3.63, 3.8) is 0 Å². The monoisotopic (exact) mass is 290 g/mol. The molecule has 0 atom stereocenters. The van der Waals surface area contributed by atoms with Crippen LogP contribution in [0.1, 0.15) is 16.8 Å². The third kappa shape index (κ3) is 3.08. The van der Waals surface area contributed by atoms with Crippen molar-refractivity contribution < 1.29 is 10.0 Å². The number of aromatic nitrogens is 1. The number of phenolic OH excluding ortho intramolecular Hbond substituents is 1. The maximum atomic E-state index is 11.0. The molecule has 104 valence electrons. The van der Waals surface area contributed by atoms with Crippen molar-refractivity contribution in [2.75, 3.05) is 0 Å². The Balaban J connectivity index is 2.20. The highest BCUT2D eigenvalue weighted by Crippen LogP contribution is 2.29. The second-order valence-corrected chi connectivity index (χ2v) is 5.45. The fraction of sp³-hybridized carbons (Fsp3) is 0.214. The number of pyridine rings is 1. The van der Waals surface area contributed by atoms with Crippen molar-refractivity contribution in [2.24, 2.45) is 0 Å². The molecule has 2 rings (SSSR count). The first kappa shape index (κ1) is 14.3. The molecule has 1 N–H and O–H groups in total.